The fourth-order valence-electron chi connectivity index (χ4n) is 4.36. The smallest absolute Gasteiger partial charge is 0.410 e. The van der Waals surface area contributed by atoms with Crippen LogP contribution in [0, 0.1) is 11.8 Å². The van der Waals surface area contributed by atoms with E-state index in [4.69, 9.17) is 4.74 Å². The van der Waals surface area contributed by atoms with Crippen molar-refractivity contribution in [1.29, 1.82) is 0 Å². The van der Waals surface area contributed by atoms with Crippen LogP contribution in [0.2, 0.25) is 0 Å². The molecule has 29 heavy (non-hydrogen) atoms. The molecule has 0 spiro atoms. The fraction of sp³-hybridized carbons (Fsp3) is 0.667. The predicted octanol–water partition coefficient (Wildman–Crippen LogP) is 3.49. The Kier molecular flexibility index (Phi) is 6.93. The van der Waals surface area contributed by atoms with Crippen LogP contribution < -0.4 is 9.62 Å². The number of hydrogen-bond donors (Lipinski definition) is 2. The topological polar surface area (TPSA) is 79.0 Å². The molecule has 0 radical (unpaired) electrons. The number of anilines is 2. The number of ether oxygens (including phenoxy) is 1. The minimum absolute atomic E-state index is 0.190. The molecule has 2 aliphatic rings. The number of nitrogens with one attached hydrogen (secondary N) is 1. The van der Waals surface area contributed by atoms with Crippen LogP contribution in [0.3, 0.4) is 0 Å². The molecule has 1 N–H and O–H groups in total. The maximum absolute atomic E-state index is 12.2. The first-order chi connectivity index (χ1) is 13.7. The highest BCUT2D eigenvalue weighted by Crippen LogP contribution is 2.34. The maximum Gasteiger partial charge on any atom is 0.410 e. The van der Waals surface area contributed by atoms with E-state index >= 15 is 0 Å². The number of rotatable bonds is 4. The van der Waals surface area contributed by atoms with Crippen LogP contribution in [0.15, 0.2) is 24.3 Å². The molecule has 0 atom stereocenters. The third-order valence-corrected chi connectivity index (χ3v) is 6.29. The molecular formula is C21H33N3O4S. The standard InChI is InChI=1S/C21H33N3O4S/c1-21(2,3)28-20(25)24-14-10-17(11-15-24)16-8-12-23(13-9-16)19-6-4-18(5-7-19)22-29(26)27/h4-7,16-17,29H,8-15H2,1-3H3,(H,22,26,27). The van der Waals surface area contributed by atoms with Crippen molar-refractivity contribution >= 4 is 28.4 Å². The number of thiol groups is 1. The van der Waals surface area contributed by atoms with Gasteiger partial charge < -0.3 is 14.5 Å². The zero-order chi connectivity index (χ0) is 21.0. The molecule has 1 aromatic rings. The number of nitrogens with zero attached hydrogens (tertiary/aromatic N) is 2. The summed E-state index contributed by atoms with van der Waals surface area (Å²) in [7, 11) is -2.63. The van der Waals surface area contributed by atoms with Crippen LogP contribution in [0.4, 0.5) is 16.2 Å². The Balaban J connectivity index is 1.45. The van der Waals surface area contributed by atoms with Gasteiger partial charge in [0.1, 0.15) is 5.60 Å². The number of carbonyl (C=O) groups excluding carboxylic acids is 1. The number of carbonyl (C=O) groups is 1. The predicted molar refractivity (Wildman–Crippen MR) is 116 cm³/mol. The fourth-order valence-corrected chi connectivity index (χ4v) is 4.72. The first-order valence-electron chi connectivity index (χ1n) is 10.5. The van der Waals surface area contributed by atoms with E-state index in [1.165, 1.54) is 0 Å². The summed E-state index contributed by atoms with van der Waals surface area (Å²) in [6.45, 7) is 9.31. The van der Waals surface area contributed by atoms with Crippen molar-refractivity contribution in [3.05, 3.63) is 24.3 Å². The Labute approximate surface area is 175 Å². The highest BCUT2D eigenvalue weighted by molar-refractivity contribution is 7.73. The first-order valence-corrected chi connectivity index (χ1v) is 11.6. The van der Waals surface area contributed by atoms with Crippen LogP contribution in [-0.2, 0) is 15.6 Å². The van der Waals surface area contributed by atoms with E-state index in [0.29, 0.717) is 17.5 Å². The Bertz CT molecular complexity index is 749. The normalized spacial score (nSPS) is 19.4. The summed E-state index contributed by atoms with van der Waals surface area (Å²) in [6.07, 6.45) is 4.23. The maximum atomic E-state index is 12.2. The molecule has 1 aromatic carbocycles. The third-order valence-electron chi connectivity index (χ3n) is 5.85. The van der Waals surface area contributed by atoms with Gasteiger partial charge in [-0.15, -0.1) is 0 Å². The molecule has 2 saturated heterocycles. The number of amides is 1. The summed E-state index contributed by atoms with van der Waals surface area (Å²) in [6, 6.07) is 7.56. The van der Waals surface area contributed by atoms with Gasteiger partial charge in [-0.2, -0.15) is 0 Å². The SMILES string of the molecule is CC(C)(C)OC(=O)N1CCC(C2CCN(c3ccc(N[SH](=O)=O)cc3)CC2)CC1. The molecule has 8 heteroatoms. The van der Waals surface area contributed by atoms with Gasteiger partial charge in [0.2, 0.25) is 10.9 Å². The summed E-state index contributed by atoms with van der Waals surface area (Å²) in [5.74, 6) is 1.38. The van der Waals surface area contributed by atoms with Gasteiger partial charge in [-0.05, 0) is 82.6 Å². The Hall–Kier alpha value is -1.96. The van der Waals surface area contributed by atoms with Gasteiger partial charge in [-0.1, -0.05) is 0 Å². The van der Waals surface area contributed by atoms with Crippen molar-refractivity contribution in [2.45, 2.75) is 52.1 Å². The molecule has 1 amide bonds. The lowest BCUT2D eigenvalue weighted by molar-refractivity contribution is 0.0152. The Morgan fingerprint density at radius 2 is 1.48 bits per heavy atom. The molecule has 0 aliphatic carbocycles. The molecule has 7 nitrogen and oxygen atoms in total. The lowest BCUT2D eigenvalue weighted by Gasteiger charge is -2.41. The van der Waals surface area contributed by atoms with Gasteiger partial charge >= 0.3 is 6.09 Å². The average Bonchev–Trinajstić information content (AvgIpc) is 2.67. The number of piperidine rings is 2. The molecule has 0 bridgehead atoms. The molecular weight excluding hydrogens is 390 g/mol. The van der Waals surface area contributed by atoms with Crippen molar-refractivity contribution < 1.29 is 17.9 Å². The molecule has 2 aliphatic heterocycles. The van der Waals surface area contributed by atoms with E-state index in [2.05, 4.69) is 9.62 Å². The zero-order valence-corrected chi connectivity index (χ0v) is 18.5. The van der Waals surface area contributed by atoms with Gasteiger partial charge in [0.05, 0.1) is 0 Å². The molecule has 2 heterocycles. The van der Waals surface area contributed by atoms with E-state index in [1.807, 2.05) is 37.8 Å². The number of benzene rings is 1. The summed E-state index contributed by atoms with van der Waals surface area (Å²) < 4.78 is 29.4. The van der Waals surface area contributed by atoms with Crippen LogP contribution in [0.25, 0.3) is 0 Å². The molecule has 162 valence electrons. The van der Waals surface area contributed by atoms with E-state index < -0.39 is 16.5 Å². The number of hydrogen-bond acceptors (Lipinski definition) is 5. The average molecular weight is 424 g/mol. The lowest BCUT2D eigenvalue weighted by Crippen LogP contribution is -2.44. The van der Waals surface area contributed by atoms with Crippen LogP contribution >= 0.6 is 0 Å². The second kappa shape index (κ2) is 9.24. The van der Waals surface area contributed by atoms with Gasteiger partial charge in [-0.25, -0.2) is 13.2 Å². The highest BCUT2D eigenvalue weighted by Gasteiger charge is 2.32. The van der Waals surface area contributed by atoms with Crippen LogP contribution in [-0.4, -0.2) is 51.2 Å². The molecule has 0 saturated carbocycles. The molecule has 3 rings (SSSR count). The van der Waals surface area contributed by atoms with Crippen molar-refractivity contribution in [2.24, 2.45) is 11.8 Å². The summed E-state index contributed by atoms with van der Waals surface area (Å²) in [4.78, 5) is 16.5. The van der Waals surface area contributed by atoms with Crippen molar-refractivity contribution in [1.82, 2.24) is 4.90 Å². The van der Waals surface area contributed by atoms with Crippen molar-refractivity contribution in [2.75, 3.05) is 35.8 Å². The van der Waals surface area contributed by atoms with E-state index in [9.17, 15) is 13.2 Å². The van der Waals surface area contributed by atoms with E-state index in [0.717, 1.165) is 57.5 Å². The van der Waals surface area contributed by atoms with E-state index in [-0.39, 0.29) is 6.09 Å². The Morgan fingerprint density at radius 1 is 0.966 bits per heavy atom. The van der Waals surface area contributed by atoms with Crippen molar-refractivity contribution in [3.8, 4) is 0 Å². The quantitative estimate of drug-likeness (QED) is 0.725. The van der Waals surface area contributed by atoms with Crippen LogP contribution in [0.5, 0.6) is 0 Å². The second-order valence-electron chi connectivity index (χ2n) is 9.05. The van der Waals surface area contributed by atoms with Gasteiger partial charge in [0.15, 0.2) is 0 Å². The summed E-state index contributed by atoms with van der Waals surface area (Å²) >= 11 is 0. The molecule has 0 unspecified atom stereocenters. The Morgan fingerprint density at radius 3 is 1.97 bits per heavy atom. The zero-order valence-electron chi connectivity index (χ0n) is 17.6. The second-order valence-corrected chi connectivity index (χ2v) is 9.78. The largest absolute Gasteiger partial charge is 0.444 e. The van der Waals surface area contributed by atoms with Gasteiger partial charge in [-0.3, -0.25) is 4.72 Å². The van der Waals surface area contributed by atoms with Crippen LogP contribution in [0.1, 0.15) is 46.5 Å². The number of likely N-dealkylation sites (tertiary alicyclic amines) is 1. The highest BCUT2D eigenvalue weighted by atomic mass is 32.2. The van der Waals surface area contributed by atoms with E-state index in [1.54, 1.807) is 12.1 Å². The molecule has 2 fully saturated rings. The minimum Gasteiger partial charge on any atom is -0.444 e. The van der Waals surface area contributed by atoms with Crippen molar-refractivity contribution in [3.63, 3.8) is 0 Å². The van der Waals surface area contributed by atoms with Gasteiger partial charge in [0, 0.05) is 37.6 Å². The molecule has 0 aromatic heterocycles. The first kappa shape index (κ1) is 21.7. The minimum atomic E-state index is -2.63. The van der Waals surface area contributed by atoms with Gasteiger partial charge in [0.25, 0.3) is 0 Å². The summed E-state index contributed by atoms with van der Waals surface area (Å²) in [5.41, 5.74) is 1.29. The monoisotopic (exact) mass is 423 g/mol. The summed E-state index contributed by atoms with van der Waals surface area (Å²) in [5, 5.41) is 0. The lowest BCUT2D eigenvalue weighted by atomic mass is 9.79. The third kappa shape index (κ3) is 6.26.